The SMILES string of the molecule is Cc1cc(N(c2ccc(-c3ccc4c5ccccc5c5ccccc5c4c3)cc2)c2ccc(-c3ccc(-c4ccc5sc6ccccc6c5c4)c4ccccc34)cc2)ccc1-c1ccc(N(c2ccccc2)c2cccc3ccccc23)cc1C. The molecule has 0 radical (unpaired) electrons. The molecule has 0 N–H and O–H groups in total. The van der Waals surface area contributed by atoms with E-state index in [9.17, 15) is 0 Å². The molecule has 1 aromatic heterocycles. The molecule has 0 unspecified atom stereocenters. The van der Waals surface area contributed by atoms with Crippen LogP contribution < -0.4 is 9.80 Å². The molecule has 3 heteroatoms. The van der Waals surface area contributed by atoms with Crippen LogP contribution in [0.5, 0.6) is 0 Å². The Morgan fingerprint density at radius 3 is 1.28 bits per heavy atom. The van der Waals surface area contributed by atoms with Crippen LogP contribution in [0.4, 0.5) is 34.1 Å². The summed E-state index contributed by atoms with van der Waals surface area (Å²) in [7, 11) is 0. The fourth-order valence-electron chi connectivity index (χ4n) is 13.4. The van der Waals surface area contributed by atoms with E-state index in [1.807, 2.05) is 11.3 Å². The summed E-state index contributed by atoms with van der Waals surface area (Å²) in [4.78, 5) is 4.80. The second-order valence-corrected chi connectivity index (χ2v) is 23.5. The summed E-state index contributed by atoms with van der Waals surface area (Å²) in [5.41, 5.74) is 18.7. The van der Waals surface area contributed by atoms with Gasteiger partial charge in [0.1, 0.15) is 0 Å². The Bertz CT molecular complexity index is 5230. The predicted molar refractivity (Wildman–Crippen MR) is 367 cm³/mol. The van der Waals surface area contributed by atoms with Gasteiger partial charge in [-0.2, -0.15) is 0 Å². The topological polar surface area (TPSA) is 6.48 Å². The third-order valence-corrected chi connectivity index (χ3v) is 18.7. The van der Waals surface area contributed by atoms with E-state index in [0.717, 1.165) is 34.1 Å². The van der Waals surface area contributed by atoms with Crippen LogP contribution in [0.25, 0.3) is 119 Å². The van der Waals surface area contributed by atoms with Gasteiger partial charge < -0.3 is 9.80 Å². The Morgan fingerprint density at radius 1 is 0.224 bits per heavy atom. The van der Waals surface area contributed by atoms with Crippen LogP contribution in [0.1, 0.15) is 11.1 Å². The third kappa shape index (κ3) is 8.70. The summed E-state index contributed by atoms with van der Waals surface area (Å²) in [6.07, 6.45) is 0. The third-order valence-electron chi connectivity index (χ3n) is 17.5. The van der Waals surface area contributed by atoms with Gasteiger partial charge in [-0.3, -0.25) is 0 Å². The fraction of sp³-hybridized carbons (Fsp3) is 0.0244. The van der Waals surface area contributed by atoms with Crippen molar-refractivity contribution in [1.29, 1.82) is 0 Å². The van der Waals surface area contributed by atoms with E-state index in [4.69, 9.17) is 0 Å². The van der Waals surface area contributed by atoms with Gasteiger partial charge in [-0.05, 0) is 209 Å². The zero-order valence-corrected chi connectivity index (χ0v) is 48.0. The maximum Gasteiger partial charge on any atom is 0.0540 e. The number of benzene rings is 15. The second-order valence-electron chi connectivity index (χ2n) is 22.5. The van der Waals surface area contributed by atoms with Crippen molar-refractivity contribution in [2.24, 2.45) is 0 Å². The highest BCUT2D eigenvalue weighted by Crippen LogP contribution is 2.46. The van der Waals surface area contributed by atoms with Crippen LogP contribution in [0.3, 0.4) is 0 Å². The van der Waals surface area contributed by atoms with Crippen molar-refractivity contribution in [2.75, 3.05) is 9.80 Å². The fourth-order valence-corrected chi connectivity index (χ4v) is 14.5. The number of fused-ring (bicyclic) bond motifs is 11. The lowest BCUT2D eigenvalue weighted by molar-refractivity contribution is 1.26. The zero-order chi connectivity index (χ0) is 56.5. The van der Waals surface area contributed by atoms with Gasteiger partial charge >= 0.3 is 0 Å². The summed E-state index contributed by atoms with van der Waals surface area (Å²) >= 11 is 1.86. The molecule has 0 fully saturated rings. The molecule has 0 aliphatic rings. The minimum absolute atomic E-state index is 1.08. The van der Waals surface area contributed by atoms with Crippen molar-refractivity contribution in [3.8, 4) is 44.5 Å². The van der Waals surface area contributed by atoms with Gasteiger partial charge in [0, 0.05) is 54.0 Å². The lowest BCUT2D eigenvalue weighted by atomic mass is 9.91. The first-order valence-electron chi connectivity index (χ1n) is 29.3. The van der Waals surface area contributed by atoms with Gasteiger partial charge in [-0.25, -0.2) is 0 Å². The lowest BCUT2D eigenvalue weighted by Crippen LogP contribution is -2.11. The van der Waals surface area contributed by atoms with Gasteiger partial charge in [0.05, 0.1) is 5.69 Å². The molecular weight excluding hydrogens is 1040 g/mol. The predicted octanol–water partition coefficient (Wildman–Crippen LogP) is 24.0. The van der Waals surface area contributed by atoms with Crippen LogP contribution in [0, 0.1) is 13.8 Å². The number of hydrogen-bond acceptors (Lipinski definition) is 3. The van der Waals surface area contributed by atoms with E-state index in [1.165, 1.54) is 130 Å². The minimum atomic E-state index is 1.08. The molecule has 16 aromatic rings. The van der Waals surface area contributed by atoms with Crippen molar-refractivity contribution < 1.29 is 0 Å². The number of anilines is 6. The molecule has 0 atom stereocenters. The monoisotopic (exact) mass is 1100 g/mol. The summed E-state index contributed by atoms with van der Waals surface area (Å²) in [6.45, 7) is 4.50. The van der Waals surface area contributed by atoms with E-state index in [0.29, 0.717) is 0 Å². The first-order valence-corrected chi connectivity index (χ1v) is 30.1. The standard InChI is InChI=1S/C82H56N2S/c1-53-49-63(41-44-65(53)66-45-42-64(50-54(66)2)84(60-19-4-3-5-20-60)80-29-16-18-56-17-6-7-21-69(56)80)83(61-37-31-55(32-38-61)58-35-43-76-74-26-11-10-24-72(74)73-25-12-13-27-75(73)78(76)51-58)62-39-33-57(34-40-62)67-46-47-68(71-23-9-8-22-70(67)71)59-36-48-82-79(52-59)77-28-14-15-30-81(77)85-82/h3-52H,1-2H3. The molecule has 400 valence electrons. The Labute approximate surface area is 499 Å². The Kier molecular flexibility index (Phi) is 12.2. The van der Waals surface area contributed by atoms with E-state index in [1.54, 1.807) is 0 Å². The molecule has 0 spiro atoms. The van der Waals surface area contributed by atoms with Crippen molar-refractivity contribution in [2.45, 2.75) is 13.8 Å². The van der Waals surface area contributed by atoms with Gasteiger partial charge in [-0.1, -0.05) is 212 Å². The normalized spacial score (nSPS) is 11.6. The van der Waals surface area contributed by atoms with Crippen molar-refractivity contribution >= 4 is 119 Å². The van der Waals surface area contributed by atoms with Crippen LogP contribution in [0.2, 0.25) is 0 Å². The molecule has 0 saturated heterocycles. The Balaban J connectivity index is 0.777. The van der Waals surface area contributed by atoms with E-state index in [-0.39, 0.29) is 0 Å². The van der Waals surface area contributed by atoms with E-state index in [2.05, 4.69) is 327 Å². The average Bonchev–Trinajstić information content (AvgIpc) is 3.33. The van der Waals surface area contributed by atoms with Crippen LogP contribution in [-0.2, 0) is 0 Å². The molecule has 1 heterocycles. The lowest BCUT2D eigenvalue weighted by Gasteiger charge is -2.28. The highest BCUT2D eigenvalue weighted by atomic mass is 32.1. The molecule has 0 bridgehead atoms. The summed E-state index contributed by atoms with van der Waals surface area (Å²) in [5, 5.41) is 15.2. The maximum atomic E-state index is 2.41. The molecule has 2 nitrogen and oxygen atoms in total. The van der Waals surface area contributed by atoms with Gasteiger partial charge in [0.2, 0.25) is 0 Å². The van der Waals surface area contributed by atoms with E-state index >= 15 is 0 Å². The first-order chi connectivity index (χ1) is 42.0. The summed E-state index contributed by atoms with van der Waals surface area (Å²) < 4.78 is 2.64. The van der Waals surface area contributed by atoms with Crippen LogP contribution in [0.15, 0.2) is 303 Å². The molecule has 16 rings (SSSR count). The molecule has 85 heavy (non-hydrogen) atoms. The summed E-state index contributed by atoms with van der Waals surface area (Å²) in [5.74, 6) is 0. The van der Waals surface area contributed by atoms with Gasteiger partial charge in [-0.15, -0.1) is 11.3 Å². The number of thiophene rings is 1. The summed E-state index contributed by atoms with van der Waals surface area (Å²) in [6, 6.07) is 112. The van der Waals surface area contributed by atoms with Gasteiger partial charge in [0.25, 0.3) is 0 Å². The van der Waals surface area contributed by atoms with Crippen molar-refractivity contribution in [1.82, 2.24) is 0 Å². The van der Waals surface area contributed by atoms with E-state index < -0.39 is 0 Å². The largest absolute Gasteiger partial charge is 0.310 e. The Morgan fingerprint density at radius 2 is 0.647 bits per heavy atom. The minimum Gasteiger partial charge on any atom is -0.310 e. The maximum absolute atomic E-state index is 2.41. The number of aryl methyl sites for hydroxylation is 2. The molecule has 0 saturated carbocycles. The highest BCUT2D eigenvalue weighted by molar-refractivity contribution is 7.25. The van der Waals surface area contributed by atoms with Gasteiger partial charge in [0.15, 0.2) is 0 Å². The number of nitrogens with zero attached hydrogens (tertiary/aromatic N) is 2. The Hall–Kier alpha value is -10.6. The number of hydrogen-bond donors (Lipinski definition) is 0. The molecule has 0 amide bonds. The molecule has 15 aromatic carbocycles. The first kappa shape index (κ1) is 50.2. The highest BCUT2D eigenvalue weighted by Gasteiger charge is 2.21. The molecular formula is C82H56N2S. The van der Waals surface area contributed by atoms with Crippen molar-refractivity contribution in [3.05, 3.63) is 314 Å². The molecule has 0 aliphatic heterocycles. The zero-order valence-electron chi connectivity index (χ0n) is 47.2. The second kappa shape index (κ2) is 20.7. The molecule has 0 aliphatic carbocycles. The van der Waals surface area contributed by atoms with Crippen LogP contribution >= 0.6 is 11.3 Å². The smallest absolute Gasteiger partial charge is 0.0540 e. The number of rotatable bonds is 10. The van der Waals surface area contributed by atoms with Crippen molar-refractivity contribution in [3.63, 3.8) is 0 Å². The quantitative estimate of drug-likeness (QED) is 0.126. The number of para-hydroxylation sites is 1. The average molecular weight is 1100 g/mol. The van der Waals surface area contributed by atoms with Crippen LogP contribution in [-0.4, -0.2) is 0 Å².